The summed E-state index contributed by atoms with van der Waals surface area (Å²) in [6.07, 6.45) is 3.15. The minimum atomic E-state index is -3.43. The molecule has 0 bridgehead atoms. The first-order valence-electron chi connectivity index (χ1n) is 8.26. The van der Waals surface area contributed by atoms with Crippen molar-refractivity contribution in [1.82, 2.24) is 9.21 Å². The molecule has 0 spiro atoms. The van der Waals surface area contributed by atoms with Gasteiger partial charge in [-0.05, 0) is 43.2 Å². The van der Waals surface area contributed by atoms with Crippen LogP contribution in [0.2, 0.25) is 0 Å². The van der Waals surface area contributed by atoms with Crippen molar-refractivity contribution in [2.45, 2.75) is 44.7 Å². The Morgan fingerprint density at radius 3 is 2.41 bits per heavy atom. The molecular formula is C16H26N2O3S. The zero-order valence-corrected chi connectivity index (χ0v) is 14.3. The monoisotopic (exact) mass is 326 g/mol. The van der Waals surface area contributed by atoms with Gasteiger partial charge in [0.25, 0.3) is 10.0 Å². The molecule has 1 aromatic heterocycles. The molecule has 22 heavy (non-hydrogen) atoms. The van der Waals surface area contributed by atoms with Gasteiger partial charge in [-0.1, -0.05) is 13.8 Å². The van der Waals surface area contributed by atoms with Crippen molar-refractivity contribution in [3.63, 3.8) is 0 Å². The van der Waals surface area contributed by atoms with Crippen LogP contribution in [0.3, 0.4) is 0 Å². The molecule has 3 heterocycles. The van der Waals surface area contributed by atoms with Crippen LogP contribution in [0.15, 0.2) is 21.6 Å². The molecule has 0 aromatic carbocycles. The predicted octanol–water partition coefficient (Wildman–Crippen LogP) is 2.54. The Hall–Kier alpha value is -0.850. The second kappa shape index (κ2) is 6.34. The molecule has 2 fully saturated rings. The molecule has 0 unspecified atom stereocenters. The molecular weight excluding hydrogens is 300 g/mol. The summed E-state index contributed by atoms with van der Waals surface area (Å²) in [5.41, 5.74) is 0. The van der Waals surface area contributed by atoms with Crippen molar-refractivity contribution >= 4 is 10.0 Å². The van der Waals surface area contributed by atoms with E-state index in [0.29, 0.717) is 31.5 Å². The molecule has 0 saturated carbocycles. The van der Waals surface area contributed by atoms with E-state index in [4.69, 9.17) is 4.42 Å². The fraction of sp³-hybridized carbons (Fsp3) is 0.750. The normalized spacial score (nSPS) is 28.3. The molecule has 1 aromatic rings. The van der Waals surface area contributed by atoms with E-state index in [0.717, 1.165) is 31.7 Å². The fourth-order valence-corrected chi connectivity index (χ4v) is 5.22. The topological polar surface area (TPSA) is 53.8 Å². The SMILES string of the molecule is C[C@@H]1C[C@H](C)CN(Cc2ccc(S(=O)(=O)N3CCCC3)o2)C1. The van der Waals surface area contributed by atoms with Gasteiger partial charge in [-0.2, -0.15) is 4.31 Å². The van der Waals surface area contributed by atoms with Crippen LogP contribution >= 0.6 is 0 Å². The van der Waals surface area contributed by atoms with E-state index < -0.39 is 10.0 Å². The second-order valence-electron chi connectivity index (χ2n) is 6.97. The van der Waals surface area contributed by atoms with Crippen LogP contribution in [0.1, 0.15) is 38.9 Å². The average Bonchev–Trinajstić information content (AvgIpc) is 3.08. The zero-order chi connectivity index (χ0) is 15.7. The third-order valence-corrected chi connectivity index (χ3v) is 6.39. The Morgan fingerprint density at radius 1 is 1.14 bits per heavy atom. The highest BCUT2D eigenvalue weighted by Crippen LogP contribution is 2.26. The van der Waals surface area contributed by atoms with Crippen LogP contribution in [-0.2, 0) is 16.6 Å². The first kappa shape index (κ1) is 16.0. The van der Waals surface area contributed by atoms with Crippen LogP contribution < -0.4 is 0 Å². The van der Waals surface area contributed by atoms with E-state index >= 15 is 0 Å². The van der Waals surface area contributed by atoms with Gasteiger partial charge in [-0.25, -0.2) is 8.42 Å². The quantitative estimate of drug-likeness (QED) is 0.853. The number of furan rings is 1. The van der Waals surface area contributed by atoms with Gasteiger partial charge in [0.1, 0.15) is 5.76 Å². The summed E-state index contributed by atoms with van der Waals surface area (Å²) in [5.74, 6) is 2.12. The Morgan fingerprint density at radius 2 is 1.77 bits per heavy atom. The first-order valence-corrected chi connectivity index (χ1v) is 9.70. The molecule has 3 rings (SSSR count). The molecule has 6 heteroatoms. The van der Waals surface area contributed by atoms with Gasteiger partial charge in [0.15, 0.2) is 0 Å². The number of hydrogen-bond acceptors (Lipinski definition) is 4. The molecule has 2 aliphatic rings. The Kier molecular flexibility index (Phi) is 4.61. The zero-order valence-electron chi connectivity index (χ0n) is 13.5. The lowest BCUT2D eigenvalue weighted by molar-refractivity contribution is 0.124. The summed E-state index contributed by atoms with van der Waals surface area (Å²) in [4.78, 5) is 2.37. The average molecular weight is 326 g/mol. The Balaban J connectivity index is 1.68. The van der Waals surface area contributed by atoms with E-state index in [9.17, 15) is 8.42 Å². The van der Waals surface area contributed by atoms with E-state index in [1.54, 1.807) is 6.07 Å². The maximum Gasteiger partial charge on any atom is 0.276 e. The van der Waals surface area contributed by atoms with Crippen LogP contribution in [0.4, 0.5) is 0 Å². The van der Waals surface area contributed by atoms with E-state index in [1.165, 1.54) is 10.7 Å². The van der Waals surface area contributed by atoms with Crippen molar-refractivity contribution in [3.8, 4) is 0 Å². The highest BCUT2D eigenvalue weighted by atomic mass is 32.2. The number of hydrogen-bond donors (Lipinski definition) is 0. The van der Waals surface area contributed by atoms with Crippen molar-refractivity contribution in [1.29, 1.82) is 0 Å². The second-order valence-corrected chi connectivity index (χ2v) is 8.84. The lowest BCUT2D eigenvalue weighted by Crippen LogP contribution is -2.38. The van der Waals surface area contributed by atoms with Crippen molar-refractivity contribution in [2.75, 3.05) is 26.2 Å². The van der Waals surface area contributed by atoms with Crippen molar-refractivity contribution in [3.05, 3.63) is 17.9 Å². The van der Waals surface area contributed by atoms with Crippen LogP contribution in [-0.4, -0.2) is 43.8 Å². The summed E-state index contributed by atoms with van der Waals surface area (Å²) in [6, 6.07) is 3.42. The Labute approximate surface area is 133 Å². The van der Waals surface area contributed by atoms with E-state index in [1.807, 2.05) is 6.07 Å². The predicted molar refractivity (Wildman–Crippen MR) is 84.9 cm³/mol. The van der Waals surface area contributed by atoms with Crippen molar-refractivity contribution < 1.29 is 12.8 Å². The number of rotatable bonds is 4. The highest BCUT2D eigenvalue weighted by Gasteiger charge is 2.30. The third-order valence-electron chi connectivity index (χ3n) is 4.62. The molecule has 0 N–H and O–H groups in total. The smallest absolute Gasteiger partial charge is 0.276 e. The third kappa shape index (κ3) is 3.39. The summed E-state index contributed by atoms with van der Waals surface area (Å²) in [6.45, 7) is 8.57. The minimum Gasteiger partial charge on any atom is -0.447 e. The van der Waals surface area contributed by atoms with Crippen molar-refractivity contribution in [2.24, 2.45) is 11.8 Å². The molecule has 0 radical (unpaired) electrons. The van der Waals surface area contributed by atoms with Crippen LogP contribution in [0, 0.1) is 11.8 Å². The van der Waals surface area contributed by atoms with Gasteiger partial charge in [0.05, 0.1) is 6.54 Å². The van der Waals surface area contributed by atoms with Crippen LogP contribution in [0.25, 0.3) is 0 Å². The number of nitrogens with zero attached hydrogens (tertiary/aromatic N) is 2. The van der Waals surface area contributed by atoms with Gasteiger partial charge < -0.3 is 4.42 Å². The summed E-state index contributed by atoms with van der Waals surface area (Å²) in [7, 11) is -3.43. The number of sulfonamides is 1. The minimum absolute atomic E-state index is 0.0995. The Bertz CT molecular complexity index is 595. The largest absolute Gasteiger partial charge is 0.447 e. The van der Waals surface area contributed by atoms with Gasteiger partial charge in [-0.15, -0.1) is 0 Å². The first-order chi connectivity index (χ1) is 10.4. The summed E-state index contributed by atoms with van der Waals surface area (Å²) in [5, 5.41) is 0.0995. The molecule has 124 valence electrons. The maximum absolute atomic E-state index is 12.5. The fourth-order valence-electron chi connectivity index (χ4n) is 3.78. The molecule has 5 nitrogen and oxygen atoms in total. The molecule has 2 saturated heterocycles. The summed E-state index contributed by atoms with van der Waals surface area (Å²) >= 11 is 0. The van der Waals surface area contributed by atoms with Gasteiger partial charge in [-0.3, -0.25) is 4.90 Å². The van der Waals surface area contributed by atoms with Gasteiger partial charge in [0, 0.05) is 26.2 Å². The molecule has 0 aliphatic carbocycles. The standard InChI is InChI=1S/C16H26N2O3S/c1-13-9-14(2)11-17(10-13)12-15-5-6-16(21-15)22(19,20)18-7-3-4-8-18/h5-6,13-14H,3-4,7-12H2,1-2H3/t13-,14+. The van der Waals surface area contributed by atoms with E-state index in [2.05, 4.69) is 18.7 Å². The number of likely N-dealkylation sites (tertiary alicyclic amines) is 1. The maximum atomic E-state index is 12.5. The molecule has 0 amide bonds. The lowest BCUT2D eigenvalue weighted by Gasteiger charge is -2.34. The highest BCUT2D eigenvalue weighted by molar-refractivity contribution is 7.89. The van der Waals surface area contributed by atoms with E-state index in [-0.39, 0.29) is 5.09 Å². The van der Waals surface area contributed by atoms with Crippen LogP contribution in [0.5, 0.6) is 0 Å². The summed E-state index contributed by atoms with van der Waals surface area (Å²) < 4.78 is 32.1. The molecule has 2 aliphatic heterocycles. The van der Waals surface area contributed by atoms with Gasteiger partial charge >= 0.3 is 0 Å². The lowest BCUT2D eigenvalue weighted by atomic mass is 9.92. The number of piperidine rings is 1. The molecule has 2 atom stereocenters. The van der Waals surface area contributed by atoms with Gasteiger partial charge in [0.2, 0.25) is 5.09 Å².